The van der Waals surface area contributed by atoms with E-state index in [4.69, 9.17) is 9.47 Å². The molecule has 3 amide bonds. The van der Waals surface area contributed by atoms with Crippen LogP contribution in [0, 0.1) is 5.92 Å². The zero-order valence-electron chi connectivity index (χ0n) is 27.4. The number of unbranched alkanes of at least 4 members (excludes halogenated alkanes) is 3. The van der Waals surface area contributed by atoms with Crippen LogP contribution in [0.1, 0.15) is 68.9 Å². The molecule has 10 heteroatoms. The minimum Gasteiger partial charge on any atom is -0.463 e. The fraction of sp³-hybridized carbons (Fsp3) is 0.459. The first kappa shape index (κ1) is 38.7. The number of allylic oxidation sites excluding steroid dienone is 2. The zero-order valence-corrected chi connectivity index (χ0v) is 27.4. The first-order chi connectivity index (χ1) is 22.8. The van der Waals surface area contributed by atoms with Crippen molar-refractivity contribution in [3.05, 3.63) is 97.1 Å². The van der Waals surface area contributed by atoms with Crippen LogP contribution >= 0.6 is 0 Å². The van der Waals surface area contributed by atoms with Crippen LogP contribution < -0.4 is 16.0 Å². The van der Waals surface area contributed by atoms with Gasteiger partial charge in [0.15, 0.2) is 0 Å². The Morgan fingerprint density at radius 3 is 2.17 bits per heavy atom. The molecule has 0 aromatic heterocycles. The number of benzene rings is 2. The largest absolute Gasteiger partial charge is 0.463 e. The number of esters is 1. The summed E-state index contributed by atoms with van der Waals surface area (Å²) in [5, 5.41) is 18.4. The summed E-state index contributed by atoms with van der Waals surface area (Å²) < 4.78 is 10.7. The highest BCUT2D eigenvalue weighted by atomic mass is 16.5. The van der Waals surface area contributed by atoms with Crippen molar-refractivity contribution in [3.63, 3.8) is 0 Å². The van der Waals surface area contributed by atoms with Crippen LogP contribution in [0.25, 0.3) is 0 Å². The lowest BCUT2D eigenvalue weighted by Gasteiger charge is -2.23. The number of carbonyl (C=O) groups excluding carboxylic acids is 4. The number of nitrogens with one attached hydrogen (secondary N) is 3. The lowest BCUT2D eigenvalue weighted by molar-refractivity contribution is -0.145. The number of hydrogen-bond acceptors (Lipinski definition) is 7. The van der Waals surface area contributed by atoms with Gasteiger partial charge in [-0.1, -0.05) is 72.8 Å². The summed E-state index contributed by atoms with van der Waals surface area (Å²) in [6.45, 7) is 7.75. The van der Waals surface area contributed by atoms with Gasteiger partial charge in [0.25, 0.3) is 0 Å². The lowest BCUT2D eigenvalue weighted by atomic mass is 9.98. The van der Waals surface area contributed by atoms with Gasteiger partial charge in [-0.3, -0.25) is 14.4 Å². The fourth-order valence-electron chi connectivity index (χ4n) is 4.87. The molecule has 0 spiro atoms. The van der Waals surface area contributed by atoms with Crippen LogP contribution in [0.15, 0.2) is 86.0 Å². The van der Waals surface area contributed by atoms with Gasteiger partial charge in [0.2, 0.25) is 11.8 Å². The maximum atomic E-state index is 13.4. The summed E-state index contributed by atoms with van der Waals surface area (Å²) in [5.74, 6) is -1.73. The molecular formula is C37H51N3O7. The molecule has 0 bridgehead atoms. The monoisotopic (exact) mass is 649 g/mol. The topological polar surface area (TPSA) is 143 Å². The molecule has 0 aliphatic heterocycles. The molecule has 0 radical (unpaired) electrons. The van der Waals surface area contributed by atoms with Crippen molar-refractivity contribution in [2.75, 3.05) is 19.8 Å². The number of ether oxygens (including phenoxy) is 2. The fourth-order valence-corrected chi connectivity index (χ4v) is 4.87. The summed E-state index contributed by atoms with van der Waals surface area (Å²) in [6.07, 6.45) is 7.89. The highest BCUT2D eigenvalue weighted by Gasteiger charge is 2.25. The lowest BCUT2D eigenvalue weighted by Crippen LogP contribution is -2.45. The molecule has 2 rings (SSSR count). The molecule has 2 aromatic rings. The van der Waals surface area contributed by atoms with Gasteiger partial charge in [-0.05, 0) is 62.5 Å². The SMILES string of the molecule is C=CCCCCC(=O)OC[C@H](CCCCNC(=O)OCc1ccccc1)NC(=O)[C@H](CC=C)CC(=O)N[C@H](CO)Cc1ccccc1. The van der Waals surface area contributed by atoms with Crippen molar-refractivity contribution in [2.24, 2.45) is 5.92 Å². The Kier molecular flexibility index (Phi) is 19.6. The highest BCUT2D eigenvalue weighted by Crippen LogP contribution is 2.13. The number of rotatable bonds is 24. The van der Waals surface area contributed by atoms with Gasteiger partial charge in [0.05, 0.1) is 24.6 Å². The summed E-state index contributed by atoms with van der Waals surface area (Å²) >= 11 is 0. The second kappa shape index (κ2) is 23.8. The van der Waals surface area contributed by atoms with E-state index in [0.717, 1.165) is 24.0 Å². The van der Waals surface area contributed by atoms with E-state index in [1.807, 2.05) is 66.7 Å². The Hall–Kier alpha value is -4.44. The van der Waals surface area contributed by atoms with Crippen molar-refractivity contribution in [3.8, 4) is 0 Å². The number of hydrogen-bond donors (Lipinski definition) is 4. The van der Waals surface area contributed by atoms with Crippen molar-refractivity contribution < 1.29 is 33.8 Å². The maximum absolute atomic E-state index is 13.4. The van der Waals surface area contributed by atoms with Crippen LogP contribution in [0.5, 0.6) is 0 Å². The third-order valence-corrected chi connectivity index (χ3v) is 7.46. The molecule has 2 aromatic carbocycles. The molecule has 0 aliphatic carbocycles. The van der Waals surface area contributed by atoms with Crippen LogP contribution in [0.4, 0.5) is 4.79 Å². The Labute approximate surface area is 279 Å². The van der Waals surface area contributed by atoms with E-state index in [9.17, 15) is 24.3 Å². The average Bonchev–Trinajstić information content (AvgIpc) is 3.08. The first-order valence-corrected chi connectivity index (χ1v) is 16.4. The molecule has 0 saturated carbocycles. The van der Waals surface area contributed by atoms with Gasteiger partial charge in [0.1, 0.15) is 13.2 Å². The standard InChI is InChI=1S/C37H51N3O7/c1-3-5-6-13-22-35(43)46-28-32(21-14-15-23-38-37(45)47-27-30-19-11-8-12-20-30)40-36(44)31(16-4-2)25-34(42)39-33(26-41)24-29-17-9-7-10-18-29/h3-4,7-12,17-20,31-33,41H,1-2,5-6,13-16,21-28H2,(H,38,45)(H,39,42)(H,40,44)/t31-,32+,33+/m1/s1. The van der Waals surface area contributed by atoms with E-state index in [-0.39, 0.29) is 56.9 Å². The average molecular weight is 650 g/mol. The van der Waals surface area contributed by atoms with Gasteiger partial charge in [-0.15, -0.1) is 13.2 Å². The Balaban J connectivity index is 1.89. The van der Waals surface area contributed by atoms with Gasteiger partial charge in [-0.25, -0.2) is 4.79 Å². The summed E-state index contributed by atoms with van der Waals surface area (Å²) in [6, 6.07) is 17.9. The number of aliphatic hydroxyl groups is 1. The van der Waals surface area contributed by atoms with Crippen molar-refractivity contribution >= 4 is 23.9 Å². The van der Waals surface area contributed by atoms with Gasteiger partial charge in [0, 0.05) is 19.4 Å². The molecular weight excluding hydrogens is 598 g/mol. The van der Waals surface area contributed by atoms with E-state index >= 15 is 0 Å². The second-order valence-corrected chi connectivity index (χ2v) is 11.5. The summed E-state index contributed by atoms with van der Waals surface area (Å²) in [7, 11) is 0. The third kappa shape index (κ3) is 17.7. The Morgan fingerprint density at radius 2 is 1.51 bits per heavy atom. The number of alkyl carbamates (subject to hydrolysis) is 1. The van der Waals surface area contributed by atoms with Gasteiger partial charge < -0.3 is 30.5 Å². The molecule has 0 saturated heterocycles. The summed E-state index contributed by atoms with van der Waals surface area (Å²) in [5.41, 5.74) is 1.87. The van der Waals surface area contributed by atoms with Crippen molar-refractivity contribution in [1.82, 2.24) is 16.0 Å². The van der Waals surface area contributed by atoms with Crippen LogP contribution in [-0.2, 0) is 36.9 Å². The molecule has 10 nitrogen and oxygen atoms in total. The minimum absolute atomic E-state index is 0.00472. The third-order valence-electron chi connectivity index (χ3n) is 7.46. The van der Waals surface area contributed by atoms with Crippen LogP contribution in [0.2, 0.25) is 0 Å². The Bertz CT molecular complexity index is 1220. The zero-order chi connectivity index (χ0) is 34.1. The number of amides is 3. The number of aliphatic hydroxyl groups excluding tert-OH is 1. The predicted molar refractivity (Wildman–Crippen MR) is 182 cm³/mol. The molecule has 256 valence electrons. The second-order valence-electron chi connectivity index (χ2n) is 11.5. The van der Waals surface area contributed by atoms with Crippen LogP contribution in [0.3, 0.4) is 0 Å². The molecule has 4 N–H and O–H groups in total. The molecule has 3 atom stereocenters. The molecule has 0 fully saturated rings. The van der Waals surface area contributed by atoms with E-state index in [1.54, 1.807) is 6.08 Å². The molecule has 0 aliphatic rings. The molecule has 0 unspecified atom stereocenters. The Morgan fingerprint density at radius 1 is 0.809 bits per heavy atom. The van der Waals surface area contributed by atoms with E-state index < -0.39 is 24.1 Å². The molecule has 0 heterocycles. The summed E-state index contributed by atoms with van der Waals surface area (Å²) in [4.78, 5) is 50.7. The maximum Gasteiger partial charge on any atom is 0.407 e. The van der Waals surface area contributed by atoms with Crippen LogP contribution in [-0.4, -0.2) is 60.8 Å². The molecule has 47 heavy (non-hydrogen) atoms. The number of carbonyl (C=O) groups is 4. The van der Waals surface area contributed by atoms with E-state index in [2.05, 4.69) is 29.1 Å². The quantitative estimate of drug-likeness (QED) is 0.0699. The minimum atomic E-state index is -0.693. The van der Waals surface area contributed by atoms with Crippen molar-refractivity contribution in [2.45, 2.75) is 82.9 Å². The van der Waals surface area contributed by atoms with Gasteiger partial charge in [-0.2, -0.15) is 0 Å². The van der Waals surface area contributed by atoms with Gasteiger partial charge >= 0.3 is 12.1 Å². The van der Waals surface area contributed by atoms with E-state index in [1.165, 1.54) is 0 Å². The van der Waals surface area contributed by atoms with Crippen molar-refractivity contribution in [1.29, 1.82) is 0 Å². The van der Waals surface area contributed by atoms with E-state index in [0.29, 0.717) is 38.6 Å². The predicted octanol–water partition coefficient (Wildman–Crippen LogP) is 5.16. The first-order valence-electron chi connectivity index (χ1n) is 16.4. The highest BCUT2D eigenvalue weighted by molar-refractivity contribution is 5.86. The smallest absolute Gasteiger partial charge is 0.407 e. The normalized spacial score (nSPS) is 12.5.